The van der Waals surface area contributed by atoms with Gasteiger partial charge in [0.1, 0.15) is 5.75 Å². The molecule has 0 unspecified atom stereocenters. The van der Waals surface area contributed by atoms with Gasteiger partial charge in [0.25, 0.3) is 0 Å². The van der Waals surface area contributed by atoms with E-state index >= 15 is 0 Å². The monoisotopic (exact) mass is 254 g/mol. The molecule has 96 valence electrons. The molecule has 0 fully saturated rings. The number of nitrogens with one attached hydrogen (secondary N) is 1. The minimum Gasteiger partial charge on any atom is -0.426 e. The number of carbonyl (C=O) groups is 1. The molecule has 2 rings (SSSR count). The standard InChI is InChI=1S/C15H14N2O2/c1-11(18)17-9-12-3-4-14-8-15(19-10-16-2)6-5-13(14)7-12/h3-8H,9-10H2,1H3,(H,17,18). The summed E-state index contributed by atoms with van der Waals surface area (Å²) in [4.78, 5) is 14.0. The summed E-state index contributed by atoms with van der Waals surface area (Å²) in [5.74, 6) is 0.654. The molecule has 0 radical (unpaired) electrons. The Hall–Kier alpha value is -2.54. The number of ether oxygens (including phenoxy) is 1. The third kappa shape index (κ3) is 3.46. The van der Waals surface area contributed by atoms with E-state index in [0.29, 0.717) is 12.3 Å². The Bertz CT molecular complexity index is 644. The van der Waals surface area contributed by atoms with Gasteiger partial charge in [0.05, 0.1) is 0 Å². The largest absolute Gasteiger partial charge is 0.426 e. The number of hydrogen-bond acceptors (Lipinski definition) is 2. The van der Waals surface area contributed by atoms with Gasteiger partial charge >= 0.3 is 6.73 Å². The molecule has 0 aromatic heterocycles. The van der Waals surface area contributed by atoms with Crippen LogP contribution in [0.4, 0.5) is 0 Å². The molecule has 0 aliphatic heterocycles. The highest BCUT2D eigenvalue weighted by atomic mass is 16.5. The predicted octanol–water partition coefficient (Wildman–Crippen LogP) is 2.73. The Balaban J connectivity index is 2.20. The van der Waals surface area contributed by atoms with Crippen molar-refractivity contribution in [2.24, 2.45) is 0 Å². The molecule has 0 aliphatic carbocycles. The van der Waals surface area contributed by atoms with E-state index in [9.17, 15) is 4.79 Å². The summed E-state index contributed by atoms with van der Waals surface area (Å²) in [6, 6.07) is 11.7. The summed E-state index contributed by atoms with van der Waals surface area (Å²) in [5.41, 5.74) is 1.05. The first-order chi connectivity index (χ1) is 9.19. The first-order valence-corrected chi connectivity index (χ1v) is 5.92. The maximum Gasteiger partial charge on any atom is 0.357 e. The van der Waals surface area contributed by atoms with Gasteiger partial charge in [0.15, 0.2) is 0 Å². The van der Waals surface area contributed by atoms with Gasteiger partial charge in [-0.15, -0.1) is 0 Å². The number of hydrogen-bond donors (Lipinski definition) is 1. The molecule has 1 amide bonds. The quantitative estimate of drug-likeness (QED) is 0.852. The van der Waals surface area contributed by atoms with Gasteiger partial charge in [-0.1, -0.05) is 18.2 Å². The zero-order chi connectivity index (χ0) is 13.7. The highest BCUT2D eigenvalue weighted by molar-refractivity contribution is 5.84. The van der Waals surface area contributed by atoms with Crippen LogP contribution in [0.2, 0.25) is 0 Å². The van der Waals surface area contributed by atoms with Crippen LogP contribution in [0.25, 0.3) is 15.6 Å². The Kier molecular flexibility index (Phi) is 3.99. The van der Waals surface area contributed by atoms with Crippen molar-refractivity contribution < 1.29 is 9.53 Å². The maximum atomic E-state index is 10.9. The van der Waals surface area contributed by atoms with Gasteiger partial charge < -0.3 is 10.1 Å². The Morgan fingerprint density at radius 3 is 2.74 bits per heavy atom. The van der Waals surface area contributed by atoms with Gasteiger partial charge in [0, 0.05) is 13.5 Å². The number of rotatable bonds is 4. The topological polar surface area (TPSA) is 42.7 Å². The molecule has 1 N–H and O–H groups in total. The summed E-state index contributed by atoms with van der Waals surface area (Å²) >= 11 is 0. The third-order valence-corrected chi connectivity index (χ3v) is 2.71. The molecule has 0 heterocycles. The van der Waals surface area contributed by atoms with E-state index < -0.39 is 0 Å². The molecule has 4 nitrogen and oxygen atoms in total. The molecule has 19 heavy (non-hydrogen) atoms. The molecular weight excluding hydrogens is 240 g/mol. The number of amides is 1. The molecular formula is C15H14N2O2. The average molecular weight is 254 g/mol. The zero-order valence-corrected chi connectivity index (χ0v) is 10.6. The van der Waals surface area contributed by atoms with E-state index in [4.69, 9.17) is 11.3 Å². The van der Waals surface area contributed by atoms with E-state index in [1.807, 2.05) is 36.4 Å². The van der Waals surface area contributed by atoms with E-state index in [0.717, 1.165) is 16.3 Å². The first kappa shape index (κ1) is 12.9. The van der Waals surface area contributed by atoms with Crippen molar-refractivity contribution in [1.29, 1.82) is 0 Å². The minimum absolute atomic E-state index is 0.0339. The number of nitrogens with zero attached hydrogens (tertiary/aromatic N) is 1. The molecule has 0 aliphatic rings. The third-order valence-electron chi connectivity index (χ3n) is 2.71. The molecule has 0 saturated carbocycles. The van der Waals surface area contributed by atoms with Crippen LogP contribution in [-0.2, 0) is 11.3 Å². The Morgan fingerprint density at radius 1 is 1.26 bits per heavy atom. The fourth-order valence-electron chi connectivity index (χ4n) is 1.81. The zero-order valence-electron chi connectivity index (χ0n) is 10.6. The van der Waals surface area contributed by atoms with Crippen molar-refractivity contribution in [3.8, 4) is 5.75 Å². The molecule has 0 atom stereocenters. The minimum atomic E-state index is -0.0389. The predicted molar refractivity (Wildman–Crippen MR) is 73.6 cm³/mol. The van der Waals surface area contributed by atoms with E-state index in [1.165, 1.54) is 6.92 Å². The van der Waals surface area contributed by atoms with Crippen LogP contribution in [0.3, 0.4) is 0 Å². The lowest BCUT2D eigenvalue weighted by atomic mass is 10.1. The van der Waals surface area contributed by atoms with Gasteiger partial charge in [-0.3, -0.25) is 9.64 Å². The fourth-order valence-corrected chi connectivity index (χ4v) is 1.81. The van der Waals surface area contributed by atoms with Gasteiger partial charge in [-0.05, 0) is 34.5 Å². The second-order valence-electron chi connectivity index (χ2n) is 4.18. The summed E-state index contributed by atoms with van der Waals surface area (Å²) in [5, 5.41) is 4.90. The van der Waals surface area contributed by atoms with Crippen molar-refractivity contribution in [1.82, 2.24) is 5.32 Å². The maximum absolute atomic E-state index is 10.9. The number of carbonyl (C=O) groups excluding carboxylic acids is 1. The lowest BCUT2D eigenvalue weighted by Gasteiger charge is -2.06. The van der Waals surface area contributed by atoms with E-state index in [-0.39, 0.29) is 12.6 Å². The van der Waals surface area contributed by atoms with Crippen LogP contribution in [0.15, 0.2) is 36.4 Å². The van der Waals surface area contributed by atoms with Crippen LogP contribution < -0.4 is 10.1 Å². The fraction of sp³-hybridized carbons (Fsp3) is 0.200. The lowest BCUT2D eigenvalue weighted by Crippen LogP contribution is -2.18. The van der Waals surface area contributed by atoms with E-state index in [2.05, 4.69) is 10.2 Å². The molecule has 2 aromatic carbocycles. The average Bonchev–Trinajstić information content (AvgIpc) is 2.42. The van der Waals surface area contributed by atoms with Gasteiger partial charge in [0.2, 0.25) is 5.91 Å². The molecule has 2 aromatic rings. The second kappa shape index (κ2) is 5.87. The molecule has 4 heteroatoms. The summed E-state index contributed by atoms with van der Waals surface area (Å²) in [6.07, 6.45) is 0. The van der Waals surface area contributed by atoms with Gasteiger partial charge in [-0.2, -0.15) is 0 Å². The Morgan fingerprint density at radius 2 is 2.00 bits per heavy atom. The lowest BCUT2D eigenvalue weighted by molar-refractivity contribution is -0.119. The Labute approximate surface area is 111 Å². The summed E-state index contributed by atoms with van der Waals surface area (Å²) in [7, 11) is 0. The summed E-state index contributed by atoms with van der Waals surface area (Å²) in [6.45, 7) is 8.75. The second-order valence-corrected chi connectivity index (χ2v) is 4.18. The van der Waals surface area contributed by atoms with Crippen LogP contribution in [0.1, 0.15) is 12.5 Å². The van der Waals surface area contributed by atoms with Crippen molar-refractivity contribution in [3.63, 3.8) is 0 Å². The molecule has 0 spiro atoms. The number of fused-ring (bicyclic) bond motifs is 1. The van der Waals surface area contributed by atoms with E-state index in [1.54, 1.807) is 0 Å². The van der Waals surface area contributed by atoms with Gasteiger partial charge in [-0.25, -0.2) is 6.57 Å². The van der Waals surface area contributed by atoms with Crippen molar-refractivity contribution in [3.05, 3.63) is 53.4 Å². The highest BCUT2D eigenvalue weighted by Gasteiger charge is 2.01. The number of benzene rings is 2. The van der Waals surface area contributed by atoms with Crippen LogP contribution >= 0.6 is 0 Å². The van der Waals surface area contributed by atoms with Crippen molar-refractivity contribution in [2.75, 3.05) is 6.73 Å². The molecule has 0 bridgehead atoms. The highest BCUT2D eigenvalue weighted by Crippen LogP contribution is 2.22. The van der Waals surface area contributed by atoms with Crippen molar-refractivity contribution >= 4 is 16.7 Å². The normalized spacial score (nSPS) is 9.89. The molecule has 0 saturated heterocycles. The summed E-state index contributed by atoms with van der Waals surface area (Å²) < 4.78 is 5.26. The SMILES string of the molecule is [C-]#[N+]COc1ccc2cc(CNC(C)=O)ccc2c1. The smallest absolute Gasteiger partial charge is 0.357 e. The first-order valence-electron chi connectivity index (χ1n) is 5.92. The van der Waals surface area contributed by atoms with Crippen molar-refractivity contribution in [2.45, 2.75) is 13.5 Å². The van der Waals surface area contributed by atoms with Crippen LogP contribution in [-0.4, -0.2) is 12.6 Å². The van der Waals surface area contributed by atoms with Crippen LogP contribution in [0, 0.1) is 6.57 Å². The van der Waals surface area contributed by atoms with Crippen LogP contribution in [0.5, 0.6) is 5.75 Å².